The van der Waals surface area contributed by atoms with Crippen molar-refractivity contribution >= 4 is 28.4 Å². The second-order valence-corrected chi connectivity index (χ2v) is 6.76. The summed E-state index contributed by atoms with van der Waals surface area (Å²) in [5, 5.41) is 11.0. The number of nitrogens with zero attached hydrogens (tertiary/aromatic N) is 1. The maximum Gasteiger partial charge on any atom is 0.372 e. The Labute approximate surface area is 163 Å². The van der Waals surface area contributed by atoms with Gasteiger partial charge in [0.15, 0.2) is 0 Å². The van der Waals surface area contributed by atoms with E-state index < -0.39 is 24.1 Å². The van der Waals surface area contributed by atoms with E-state index in [0.717, 1.165) is 27.5 Å². The molecule has 0 bridgehead atoms. The van der Waals surface area contributed by atoms with Gasteiger partial charge in [-0.2, -0.15) is 0 Å². The molecule has 0 spiro atoms. The fraction of sp³-hybridized carbons (Fsp3) is 0.174. The number of carbonyl (C=O) groups is 3. The summed E-state index contributed by atoms with van der Waals surface area (Å²) in [6, 6.07) is 21.6. The second-order valence-electron chi connectivity index (χ2n) is 6.76. The predicted molar refractivity (Wildman–Crippen MR) is 107 cm³/mol. The number of hydrogen-bond donors (Lipinski definition) is 1. The van der Waals surface area contributed by atoms with Gasteiger partial charge in [-0.05, 0) is 40.5 Å². The molecule has 0 unspecified atom stereocenters. The Morgan fingerprint density at radius 2 is 1.54 bits per heavy atom. The molecule has 5 nitrogen and oxygen atoms in total. The Morgan fingerprint density at radius 1 is 0.857 bits per heavy atom. The van der Waals surface area contributed by atoms with Crippen molar-refractivity contribution in [3.63, 3.8) is 0 Å². The molecule has 142 valence electrons. The summed E-state index contributed by atoms with van der Waals surface area (Å²) in [4.78, 5) is 36.6. The molecule has 0 aliphatic rings. The van der Waals surface area contributed by atoms with Crippen LogP contribution in [0.15, 0.2) is 66.7 Å². The first-order chi connectivity index (χ1) is 13.4. The quantitative estimate of drug-likeness (QED) is 0.504. The van der Waals surface area contributed by atoms with Gasteiger partial charge in [-0.3, -0.25) is 9.59 Å². The van der Waals surface area contributed by atoms with Crippen molar-refractivity contribution in [3.05, 3.63) is 83.4 Å². The zero-order chi connectivity index (χ0) is 20.1. The van der Waals surface area contributed by atoms with Gasteiger partial charge in [0, 0.05) is 13.1 Å². The van der Waals surface area contributed by atoms with E-state index in [1.807, 2.05) is 73.7 Å². The van der Waals surface area contributed by atoms with Crippen LogP contribution in [0, 0.1) is 6.92 Å². The van der Waals surface area contributed by atoms with Crippen LogP contribution < -0.4 is 0 Å². The maximum absolute atomic E-state index is 12.7. The summed E-state index contributed by atoms with van der Waals surface area (Å²) in [6.45, 7) is 2.56. The van der Waals surface area contributed by atoms with E-state index >= 15 is 0 Å². The Bertz CT molecular complexity index is 1040. The van der Waals surface area contributed by atoms with Gasteiger partial charge in [-0.25, -0.2) is 4.79 Å². The highest BCUT2D eigenvalue weighted by Gasteiger charge is 2.22. The molecule has 3 aromatic rings. The Kier molecular flexibility index (Phi) is 5.84. The van der Waals surface area contributed by atoms with E-state index in [0.29, 0.717) is 13.1 Å². The summed E-state index contributed by atoms with van der Waals surface area (Å²) in [6.07, 6.45) is -0.644. The molecule has 3 rings (SSSR count). The normalized spacial score (nSPS) is 10.6. The van der Waals surface area contributed by atoms with Gasteiger partial charge in [0.25, 0.3) is 0 Å². The standard InChI is InChI=1S/C23H21NO4/c1-16-6-2-3-9-20(16)15-24(22(26)13-21(25)23(27)28)14-17-10-11-18-7-4-5-8-19(18)12-17/h2-12H,13-15H2,1H3,(H,27,28). The molecule has 0 fully saturated rings. The van der Waals surface area contributed by atoms with Crippen molar-refractivity contribution in [3.8, 4) is 0 Å². The number of Topliss-reactive ketones (excluding diaryl/α,β-unsaturated/α-hetero) is 1. The molecular weight excluding hydrogens is 354 g/mol. The lowest BCUT2D eigenvalue weighted by Crippen LogP contribution is -2.33. The van der Waals surface area contributed by atoms with E-state index in [9.17, 15) is 14.4 Å². The van der Waals surface area contributed by atoms with Gasteiger partial charge in [-0.15, -0.1) is 0 Å². The summed E-state index contributed by atoms with van der Waals surface area (Å²) in [5.41, 5.74) is 2.91. The molecule has 0 aliphatic carbocycles. The van der Waals surface area contributed by atoms with Gasteiger partial charge in [0.05, 0.1) is 6.42 Å². The topological polar surface area (TPSA) is 74.7 Å². The van der Waals surface area contributed by atoms with Crippen molar-refractivity contribution in [2.24, 2.45) is 0 Å². The van der Waals surface area contributed by atoms with Gasteiger partial charge in [0.1, 0.15) is 0 Å². The molecule has 0 aromatic heterocycles. The third-order valence-electron chi connectivity index (χ3n) is 4.71. The molecular formula is C23H21NO4. The zero-order valence-corrected chi connectivity index (χ0v) is 15.6. The van der Waals surface area contributed by atoms with Crippen molar-refractivity contribution in [1.82, 2.24) is 4.90 Å². The van der Waals surface area contributed by atoms with Crippen LogP contribution in [0.1, 0.15) is 23.1 Å². The average molecular weight is 375 g/mol. The van der Waals surface area contributed by atoms with Gasteiger partial charge >= 0.3 is 5.97 Å². The van der Waals surface area contributed by atoms with E-state index in [-0.39, 0.29) is 0 Å². The van der Waals surface area contributed by atoms with E-state index in [1.165, 1.54) is 4.90 Å². The van der Waals surface area contributed by atoms with Crippen molar-refractivity contribution in [2.45, 2.75) is 26.4 Å². The second kappa shape index (κ2) is 8.48. The number of amides is 1. The lowest BCUT2D eigenvalue weighted by Gasteiger charge is -2.24. The third-order valence-corrected chi connectivity index (χ3v) is 4.71. The number of benzene rings is 3. The smallest absolute Gasteiger partial charge is 0.372 e. The minimum Gasteiger partial charge on any atom is -0.475 e. The fourth-order valence-electron chi connectivity index (χ4n) is 3.11. The Morgan fingerprint density at radius 3 is 2.25 bits per heavy atom. The number of carboxylic acid groups (broad SMARTS) is 1. The number of carbonyl (C=O) groups excluding carboxylic acids is 2. The molecule has 28 heavy (non-hydrogen) atoms. The largest absolute Gasteiger partial charge is 0.475 e. The highest BCUT2D eigenvalue weighted by Crippen LogP contribution is 2.19. The summed E-state index contributed by atoms with van der Waals surface area (Å²) >= 11 is 0. The molecule has 0 saturated heterocycles. The first kappa shape index (κ1) is 19.3. The number of fused-ring (bicyclic) bond motifs is 1. The number of aliphatic carboxylic acids is 1. The van der Waals surface area contributed by atoms with Gasteiger partial charge in [0.2, 0.25) is 11.7 Å². The first-order valence-corrected chi connectivity index (χ1v) is 9.00. The SMILES string of the molecule is Cc1ccccc1CN(Cc1ccc2ccccc2c1)C(=O)CC(=O)C(=O)O. The number of rotatable bonds is 7. The molecule has 0 saturated carbocycles. The number of aryl methyl sites for hydroxylation is 1. The fourth-order valence-corrected chi connectivity index (χ4v) is 3.11. The van der Waals surface area contributed by atoms with Crippen LogP contribution in [-0.4, -0.2) is 27.7 Å². The number of hydrogen-bond acceptors (Lipinski definition) is 3. The van der Waals surface area contributed by atoms with Crippen LogP contribution in [0.3, 0.4) is 0 Å². The lowest BCUT2D eigenvalue weighted by atomic mass is 10.1. The van der Waals surface area contributed by atoms with Gasteiger partial charge in [-0.1, -0.05) is 60.7 Å². The van der Waals surface area contributed by atoms with Crippen LogP contribution >= 0.6 is 0 Å². The first-order valence-electron chi connectivity index (χ1n) is 9.00. The van der Waals surface area contributed by atoms with Gasteiger partial charge < -0.3 is 10.0 Å². The predicted octanol–water partition coefficient (Wildman–Crippen LogP) is 3.72. The average Bonchev–Trinajstić information content (AvgIpc) is 2.68. The minimum absolute atomic E-state index is 0.297. The molecule has 0 radical (unpaired) electrons. The van der Waals surface area contributed by atoms with Crippen LogP contribution in [-0.2, 0) is 27.5 Å². The third kappa shape index (κ3) is 4.62. The van der Waals surface area contributed by atoms with Crippen LogP contribution in [0.5, 0.6) is 0 Å². The lowest BCUT2D eigenvalue weighted by molar-refractivity contribution is -0.151. The summed E-state index contributed by atoms with van der Waals surface area (Å²) in [7, 11) is 0. The molecule has 1 N–H and O–H groups in total. The summed E-state index contributed by atoms with van der Waals surface area (Å²) < 4.78 is 0. The van der Waals surface area contributed by atoms with Crippen LogP contribution in [0.2, 0.25) is 0 Å². The minimum atomic E-state index is -1.59. The molecule has 5 heteroatoms. The van der Waals surface area contributed by atoms with Crippen LogP contribution in [0.4, 0.5) is 0 Å². The Hall–Kier alpha value is -3.47. The highest BCUT2D eigenvalue weighted by molar-refractivity contribution is 6.36. The summed E-state index contributed by atoms with van der Waals surface area (Å²) in [5.74, 6) is -3.18. The van der Waals surface area contributed by atoms with Crippen molar-refractivity contribution in [2.75, 3.05) is 0 Å². The molecule has 0 heterocycles. The zero-order valence-electron chi connectivity index (χ0n) is 15.6. The number of ketones is 1. The molecule has 0 aliphatic heterocycles. The maximum atomic E-state index is 12.7. The molecule has 0 atom stereocenters. The number of carboxylic acids is 1. The monoisotopic (exact) mass is 375 g/mol. The van der Waals surface area contributed by atoms with E-state index in [4.69, 9.17) is 5.11 Å². The van der Waals surface area contributed by atoms with E-state index in [1.54, 1.807) is 0 Å². The van der Waals surface area contributed by atoms with Crippen molar-refractivity contribution in [1.29, 1.82) is 0 Å². The highest BCUT2D eigenvalue weighted by atomic mass is 16.4. The molecule has 3 aromatic carbocycles. The van der Waals surface area contributed by atoms with Crippen LogP contribution in [0.25, 0.3) is 10.8 Å². The Balaban J connectivity index is 1.87. The van der Waals surface area contributed by atoms with Crippen molar-refractivity contribution < 1.29 is 19.5 Å². The molecule has 1 amide bonds. The van der Waals surface area contributed by atoms with E-state index in [2.05, 4.69) is 0 Å².